The highest BCUT2D eigenvalue weighted by Gasteiger charge is 2.24. The van der Waals surface area contributed by atoms with E-state index in [-0.39, 0.29) is 0 Å². The summed E-state index contributed by atoms with van der Waals surface area (Å²) in [6.45, 7) is 4.13. The van der Waals surface area contributed by atoms with E-state index in [2.05, 4.69) is 11.9 Å². The van der Waals surface area contributed by atoms with Crippen LogP contribution in [0.3, 0.4) is 0 Å². The van der Waals surface area contributed by atoms with Gasteiger partial charge in [-0.25, -0.2) is 9.78 Å². The Kier molecular flexibility index (Phi) is 3.82. The maximum absolute atomic E-state index is 11.7. The van der Waals surface area contributed by atoms with Gasteiger partial charge in [0, 0.05) is 4.88 Å². The molecule has 0 spiro atoms. The summed E-state index contributed by atoms with van der Waals surface area (Å²) in [5.41, 5.74) is 2.02. The van der Waals surface area contributed by atoms with Gasteiger partial charge in [0.2, 0.25) is 0 Å². The van der Waals surface area contributed by atoms with Gasteiger partial charge >= 0.3 is 5.97 Å². The number of aromatic carboxylic acids is 1. The van der Waals surface area contributed by atoms with Crippen molar-refractivity contribution in [2.45, 2.75) is 33.1 Å². The van der Waals surface area contributed by atoms with Gasteiger partial charge in [0.15, 0.2) is 10.7 Å². The van der Waals surface area contributed by atoms with E-state index < -0.39 is 5.97 Å². The van der Waals surface area contributed by atoms with Crippen molar-refractivity contribution in [3.8, 4) is 10.6 Å². The molecule has 3 heterocycles. The van der Waals surface area contributed by atoms with Crippen molar-refractivity contribution in [2.75, 3.05) is 0 Å². The Morgan fingerprint density at radius 1 is 1.43 bits per heavy atom. The normalized spacial score (nSPS) is 11.3. The molecule has 4 nitrogen and oxygen atoms in total. The van der Waals surface area contributed by atoms with Crippen molar-refractivity contribution in [1.82, 2.24) is 9.38 Å². The third kappa shape index (κ3) is 2.28. The van der Waals surface area contributed by atoms with Crippen molar-refractivity contribution < 1.29 is 9.90 Å². The van der Waals surface area contributed by atoms with Crippen LogP contribution < -0.4 is 0 Å². The van der Waals surface area contributed by atoms with Gasteiger partial charge in [-0.15, -0.1) is 22.7 Å². The largest absolute Gasteiger partial charge is 0.477 e. The fourth-order valence-electron chi connectivity index (χ4n) is 2.53. The summed E-state index contributed by atoms with van der Waals surface area (Å²) in [4.78, 5) is 19.4. The van der Waals surface area contributed by atoms with E-state index >= 15 is 0 Å². The number of carbonyl (C=O) groups is 1. The van der Waals surface area contributed by atoms with Crippen LogP contribution in [0, 0.1) is 0 Å². The number of carboxylic acid groups (broad SMARTS) is 1. The van der Waals surface area contributed by atoms with Crippen LogP contribution in [0.15, 0.2) is 17.5 Å². The van der Waals surface area contributed by atoms with Crippen LogP contribution in [0.5, 0.6) is 0 Å². The van der Waals surface area contributed by atoms with Gasteiger partial charge < -0.3 is 5.11 Å². The molecule has 0 saturated carbocycles. The second kappa shape index (κ2) is 5.61. The molecule has 3 rings (SSSR count). The van der Waals surface area contributed by atoms with Gasteiger partial charge in [-0.2, -0.15) is 0 Å². The van der Waals surface area contributed by atoms with E-state index in [9.17, 15) is 9.90 Å². The second-order valence-corrected chi connectivity index (χ2v) is 6.79. The zero-order valence-corrected chi connectivity index (χ0v) is 13.6. The topological polar surface area (TPSA) is 54.6 Å². The minimum absolute atomic E-state index is 0.325. The first kappa shape index (κ1) is 14.3. The van der Waals surface area contributed by atoms with Crippen LogP contribution in [0.4, 0.5) is 0 Å². The van der Waals surface area contributed by atoms with Gasteiger partial charge in [-0.1, -0.05) is 26.3 Å². The summed E-state index contributed by atoms with van der Waals surface area (Å²) in [6.07, 6.45) is 2.46. The minimum Gasteiger partial charge on any atom is -0.477 e. The average molecular weight is 320 g/mol. The molecule has 0 aliphatic rings. The van der Waals surface area contributed by atoms with Crippen LogP contribution in [-0.4, -0.2) is 20.5 Å². The summed E-state index contributed by atoms with van der Waals surface area (Å²) in [6, 6.07) is 4.03. The molecule has 0 aromatic carbocycles. The van der Waals surface area contributed by atoms with Crippen LogP contribution in [0.2, 0.25) is 0 Å². The molecule has 21 heavy (non-hydrogen) atoms. The highest BCUT2D eigenvalue weighted by molar-refractivity contribution is 7.18. The second-order valence-electron chi connectivity index (χ2n) is 4.78. The number of carboxylic acids is 1. The fraction of sp³-hybridized carbons (Fsp3) is 0.333. The summed E-state index contributed by atoms with van der Waals surface area (Å²) in [5.74, 6) is -0.899. The first-order valence-corrected chi connectivity index (χ1v) is 8.67. The molecule has 3 aromatic rings. The van der Waals surface area contributed by atoms with Crippen molar-refractivity contribution in [3.63, 3.8) is 0 Å². The first-order chi connectivity index (χ1) is 10.2. The Labute approximate surface area is 130 Å². The van der Waals surface area contributed by atoms with Gasteiger partial charge in [-0.3, -0.25) is 4.40 Å². The van der Waals surface area contributed by atoms with E-state index in [1.165, 1.54) is 4.88 Å². The molecular weight excluding hydrogens is 304 g/mol. The molecule has 0 aliphatic heterocycles. The molecular formula is C15H16N2O2S2. The summed E-state index contributed by atoms with van der Waals surface area (Å²) < 4.78 is 1.84. The minimum atomic E-state index is -0.899. The molecule has 1 N–H and O–H groups in total. The molecule has 0 bridgehead atoms. The van der Waals surface area contributed by atoms with Crippen LogP contribution in [0.25, 0.3) is 15.5 Å². The Bertz CT molecular complexity index is 784. The maximum Gasteiger partial charge on any atom is 0.354 e. The van der Waals surface area contributed by atoms with Crippen LogP contribution in [0.1, 0.15) is 41.3 Å². The number of rotatable bonds is 5. The molecule has 0 amide bonds. The number of nitrogens with zero attached hydrogens (tertiary/aromatic N) is 2. The molecule has 110 valence electrons. The van der Waals surface area contributed by atoms with Gasteiger partial charge in [0.1, 0.15) is 0 Å². The molecule has 0 fully saturated rings. The van der Waals surface area contributed by atoms with Crippen molar-refractivity contribution in [2.24, 2.45) is 0 Å². The molecule has 0 saturated heterocycles. The lowest BCUT2D eigenvalue weighted by Gasteiger charge is -2.03. The monoisotopic (exact) mass is 320 g/mol. The first-order valence-electron chi connectivity index (χ1n) is 6.97. The fourth-order valence-corrected chi connectivity index (χ4v) is 4.48. The van der Waals surface area contributed by atoms with E-state index in [0.29, 0.717) is 17.8 Å². The number of aromatic nitrogens is 2. The summed E-state index contributed by atoms with van der Waals surface area (Å²) in [7, 11) is 0. The lowest BCUT2D eigenvalue weighted by atomic mass is 10.2. The van der Waals surface area contributed by atoms with Crippen LogP contribution >= 0.6 is 22.7 Å². The lowest BCUT2D eigenvalue weighted by molar-refractivity contribution is 0.0688. The number of hydrogen-bond acceptors (Lipinski definition) is 4. The quantitative estimate of drug-likeness (QED) is 0.761. The van der Waals surface area contributed by atoms with Crippen LogP contribution in [-0.2, 0) is 12.8 Å². The predicted molar refractivity (Wildman–Crippen MR) is 86.7 cm³/mol. The summed E-state index contributed by atoms with van der Waals surface area (Å²) >= 11 is 3.23. The number of imidazole rings is 1. The third-order valence-corrected chi connectivity index (χ3v) is 5.45. The standard InChI is InChI=1S/C15H16N2O2S2/c1-3-6-9-12(14(18)19)17-13(11-7-5-8-20-11)10(4-2)21-15(17)16-9/h5,7-8H,3-4,6H2,1-2H3,(H,18,19). The van der Waals surface area contributed by atoms with Gasteiger partial charge in [0.05, 0.1) is 16.3 Å². The van der Waals surface area contributed by atoms with Crippen molar-refractivity contribution in [1.29, 1.82) is 0 Å². The number of hydrogen-bond donors (Lipinski definition) is 1. The maximum atomic E-state index is 11.7. The van der Waals surface area contributed by atoms with E-state index in [1.807, 2.05) is 28.8 Å². The Balaban J connectivity index is 2.35. The van der Waals surface area contributed by atoms with E-state index in [4.69, 9.17) is 0 Å². The van der Waals surface area contributed by atoms with Gasteiger partial charge in [0.25, 0.3) is 0 Å². The number of aryl methyl sites for hydroxylation is 2. The van der Waals surface area contributed by atoms with E-state index in [1.54, 1.807) is 22.7 Å². The SMILES string of the molecule is CCCc1nc2sc(CC)c(-c3cccs3)n2c1C(=O)O. The number of thiazole rings is 1. The molecule has 3 aromatic heterocycles. The van der Waals surface area contributed by atoms with Crippen molar-refractivity contribution in [3.05, 3.63) is 33.8 Å². The van der Waals surface area contributed by atoms with Crippen molar-refractivity contribution >= 4 is 33.6 Å². The molecule has 0 atom stereocenters. The smallest absolute Gasteiger partial charge is 0.354 e. The Morgan fingerprint density at radius 3 is 2.81 bits per heavy atom. The zero-order valence-electron chi connectivity index (χ0n) is 11.9. The zero-order chi connectivity index (χ0) is 15.0. The molecule has 6 heteroatoms. The highest BCUT2D eigenvalue weighted by Crippen LogP contribution is 2.36. The third-order valence-electron chi connectivity index (χ3n) is 3.39. The number of fused-ring (bicyclic) bond motifs is 1. The molecule has 0 aliphatic carbocycles. The Morgan fingerprint density at radius 2 is 2.24 bits per heavy atom. The number of thiophene rings is 1. The average Bonchev–Trinajstić information content (AvgIpc) is 3.11. The predicted octanol–water partition coefficient (Wildman–Crippen LogP) is 4.34. The molecule has 0 radical (unpaired) electrons. The Hall–Kier alpha value is -1.66. The highest BCUT2D eigenvalue weighted by atomic mass is 32.1. The lowest BCUT2D eigenvalue weighted by Crippen LogP contribution is -2.06. The summed E-state index contributed by atoms with van der Waals surface area (Å²) in [5, 5.41) is 11.6. The van der Waals surface area contributed by atoms with E-state index in [0.717, 1.165) is 28.4 Å². The van der Waals surface area contributed by atoms with Gasteiger partial charge in [-0.05, 0) is 24.3 Å². The molecule has 0 unspecified atom stereocenters.